The molecule has 0 radical (unpaired) electrons. The molecule has 0 unspecified atom stereocenters. The number of anilines is 1. The second kappa shape index (κ2) is 5.66. The molecule has 0 saturated heterocycles. The molecule has 0 heterocycles. The predicted molar refractivity (Wildman–Crippen MR) is 69.0 cm³/mol. The summed E-state index contributed by atoms with van der Waals surface area (Å²) in [5, 5.41) is 25.7. The molecule has 1 aliphatic carbocycles. The average molecular weight is 265 g/mol. The Hall–Kier alpha value is -2.15. The number of benzene rings is 1. The topological polar surface area (TPSA) is 104 Å². The summed E-state index contributed by atoms with van der Waals surface area (Å²) < 4.78 is 0. The number of nitrogens with one attached hydrogen (secondary N) is 2. The molecule has 0 aliphatic heterocycles. The minimum Gasteiger partial charge on any atom is -0.505 e. The van der Waals surface area contributed by atoms with Crippen LogP contribution in [0, 0.1) is 16.0 Å². The lowest BCUT2D eigenvalue weighted by atomic mass is 10.2. The van der Waals surface area contributed by atoms with E-state index in [2.05, 4.69) is 10.6 Å². The Morgan fingerprint density at radius 3 is 2.84 bits per heavy atom. The number of para-hydroxylation sites is 1. The summed E-state index contributed by atoms with van der Waals surface area (Å²) >= 11 is 0. The molecule has 7 heteroatoms. The first-order valence-corrected chi connectivity index (χ1v) is 6.05. The fourth-order valence-corrected chi connectivity index (χ4v) is 1.70. The zero-order valence-electron chi connectivity index (χ0n) is 10.3. The van der Waals surface area contributed by atoms with E-state index in [0.717, 1.165) is 6.54 Å². The Labute approximate surface area is 109 Å². The van der Waals surface area contributed by atoms with E-state index in [-0.39, 0.29) is 23.7 Å². The SMILES string of the molecule is O=C(CNCC1CC1)Nc1c(O)cccc1[N+](=O)[O-]. The number of nitrogens with zero attached hydrogens (tertiary/aromatic N) is 1. The third-order valence-corrected chi connectivity index (χ3v) is 2.90. The lowest BCUT2D eigenvalue weighted by molar-refractivity contribution is -0.384. The lowest BCUT2D eigenvalue weighted by Crippen LogP contribution is -2.29. The molecule has 2 rings (SSSR count). The second-order valence-corrected chi connectivity index (χ2v) is 4.55. The lowest BCUT2D eigenvalue weighted by Gasteiger charge is -2.08. The maximum atomic E-state index is 11.6. The van der Waals surface area contributed by atoms with Gasteiger partial charge in [-0.15, -0.1) is 0 Å². The van der Waals surface area contributed by atoms with E-state index in [1.165, 1.54) is 31.0 Å². The third kappa shape index (κ3) is 3.65. The van der Waals surface area contributed by atoms with Gasteiger partial charge in [-0.1, -0.05) is 6.07 Å². The van der Waals surface area contributed by atoms with Gasteiger partial charge in [0.25, 0.3) is 5.69 Å². The van der Waals surface area contributed by atoms with Gasteiger partial charge in [-0.2, -0.15) is 0 Å². The van der Waals surface area contributed by atoms with E-state index in [0.29, 0.717) is 5.92 Å². The molecule has 1 saturated carbocycles. The van der Waals surface area contributed by atoms with Crippen LogP contribution in [0.3, 0.4) is 0 Å². The Kier molecular flexibility index (Phi) is 3.96. The highest BCUT2D eigenvalue weighted by Crippen LogP contribution is 2.32. The van der Waals surface area contributed by atoms with Crippen LogP contribution in [-0.2, 0) is 4.79 Å². The monoisotopic (exact) mass is 265 g/mol. The number of hydrogen-bond donors (Lipinski definition) is 3. The number of amides is 1. The number of nitro groups is 1. The van der Waals surface area contributed by atoms with E-state index in [4.69, 9.17) is 0 Å². The van der Waals surface area contributed by atoms with Crippen molar-refractivity contribution in [2.75, 3.05) is 18.4 Å². The quantitative estimate of drug-likeness (QED) is 0.408. The molecule has 7 nitrogen and oxygen atoms in total. The molecule has 19 heavy (non-hydrogen) atoms. The van der Waals surface area contributed by atoms with Crippen molar-refractivity contribution in [2.24, 2.45) is 5.92 Å². The van der Waals surface area contributed by atoms with Crippen LogP contribution in [0.15, 0.2) is 18.2 Å². The van der Waals surface area contributed by atoms with E-state index in [1.54, 1.807) is 0 Å². The molecule has 1 aliphatic rings. The van der Waals surface area contributed by atoms with E-state index >= 15 is 0 Å². The van der Waals surface area contributed by atoms with Gasteiger partial charge in [-0.25, -0.2) is 0 Å². The summed E-state index contributed by atoms with van der Waals surface area (Å²) in [7, 11) is 0. The van der Waals surface area contributed by atoms with Crippen LogP contribution in [0.25, 0.3) is 0 Å². The smallest absolute Gasteiger partial charge is 0.296 e. The minimum absolute atomic E-state index is 0.0714. The van der Waals surface area contributed by atoms with Crippen LogP contribution in [0.5, 0.6) is 5.75 Å². The third-order valence-electron chi connectivity index (χ3n) is 2.90. The minimum atomic E-state index is -0.646. The predicted octanol–water partition coefficient (Wildman–Crippen LogP) is 1.24. The summed E-state index contributed by atoms with van der Waals surface area (Å²) in [4.78, 5) is 21.8. The molecule has 3 N–H and O–H groups in total. The molecule has 1 fully saturated rings. The molecular formula is C12H15N3O4. The molecule has 1 aromatic carbocycles. The number of phenolic OH excluding ortho intramolecular Hbond substituents is 1. The van der Waals surface area contributed by atoms with Gasteiger partial charge in [0.1, 0.15) is 5.75 Å². The van der Waals surface area contributed by atoms with Crippen molar-refractivity contribution in [3.63, 3.8) is 0 Å². The van der Waals surface area contributed by atoms with Gasteiger partial charge >= 0.3 is 0 Å². The first-order chi connectivity index (χ1) is 9.08. The van der Waals surface area contributed by atoms with Crippen molar-refractivity contribution >= 4 is 17.3 Å². The van der Waals surface area contributed by atoms with Crippen LogP contribution in [0.1, 0.15) is 12.8 Å². The maximum absolute atomic E-state index is 11.6. The number of aromatic hydroxyl groups is 1. The summed E-state index contributed by atoms with van der Waals surface area (Å²) in [6, 6.07) is 3.88. The molecule has 0 spiro atoms. The highest BCUT2D eigenvalue weighted by Gasteiger charge is 2.22. The normalized spacial score (nSPS) is 14.1. The summed E-state index contributed by atoms with van der Waals surface area (Å²) in [5.74, 6) is -0.0812. The van der Waals surface area contributed by atoms with Crippen molar-refractivity contribution in [1.29, 1.82) is 0 Å². The zero-order chi connectivity index (χ0) is 13.8. The van der Waals surface area contributed by atoms with Crippen LogP contribution >= 0.6 is 0 Å². The fourth-order valence-electron chi connectivity index (χ4n) is 1.70. The molecule has 0 atom stereocenters. The van der Waals surface area contributed by atoms with Crippen molar-refractivity contribution in [3.05, 3.63) is 28.3 Å². The summed E-state index contributed by atoms with van der Waals surface area (Å²) in [6.45, 7) is 0.846. The Balaban J connectivity index is 1.96. The first-order valence-electron chi connectivity index (χ1n) is 6.05. The highest BCUT2D eigenvalue weighted by molar-refractivity contribution is 5.96. The van der Waals surface area contributed by atoms with Gasteiger partial charge in [-0.05, 0) is 31.4 Å². The van der Waals surface area contributed by atoms with Crippen molar-refractivity contribution in [1.82, 2.24) is 5.32 Å². The molecule has 102 valence electrons. The van der Waals surface area contributed by atoms with Crippen molar-refractivity contribution in [2.45, 2.75) is 12.8 Å². The van der Waals surface area contributed by atoms with Crippen molar-refractivity contribution in [3.8, 4) is 5.75 Å². The second-order valence-electron chi connectivity index (χ2n) is 4.55. The average Bonchev–Trinajstić information content (AvgIpc) is 3.15. The standard InChI is InChI=1S/C12H15N3O4/c16-10-3-1-2-9(15(18)19)12(10)14-11(17)7-13-6-8-4-5-8/h1-3,8,13,16H,4-7H2,(H,14,17). The van der Waals surface area contributed by atoms with Gasteiger partial charge in [0.15, 0.2) is 5.69 Å². The van der Waals surface area contributed by atoms with Crippen LogP contribution in [-0.4, -0.2) is 29.0 Å². The molecule has 0 aromatic heterocycles. The zero-order valence-corrected chi connectivity index (χ0v) is 10.3. The molecule has 1 aromatic rings. The van der Waals surface area contributed by atoms with E-state index < -0.39 is 10.8 Å². The summed E-state index contributed by atoms with van der Waals surface area (Å²) in [6.07, 6.45) is 2.36. The number of carbonyl (C=O) groups is 1. The van der Waals surface area contributed by atoms with E-state index in [1.807, 2.05) is 0 Å². The Morgan fingerprint density at radius 2 is 2.21 bits per heavy atom. The highest BCUT2D eigenvalue weighted by atomic mass is 16.6. The van der Waals surface area contributed by atoms with Crippen LogP contribution in [0.2, 0.25) is 0 Å². The van der Waals surface area contributed by atoms with Gasteiger partial charge < -0.3 is 15.7 Å². The largest absolute Gasteiger partial charge is 0.505 e. The van der Waals surface area contributed by atoms with E-state index in [9.17, 15) is 20.0 Å². The Morgan fingerprint density at radius 1 is 1.47 bits per heavy atom. The molecular weight excluding hydrogens is 250 g/mol. The summed E-state index contributed by atoms with van der Waals surface area (Å²) in [5.41, 5.74) is -0.485. The number of nitro benzene ring substituents is 1. The maximum Gasteiger partial charge on any atom is 0.296 e. The van der Waals surface area contributed by atoms with Gasteiger partial charge in [0.05, 0.1) is 11.5 Å². The first kappa shape index (κ1) is 13.3. The van der Waals surface area contributed by atoms with Gasteiger partial charge in [-0.3, -0.25) is 14.9 Å². The molecule has 1 amide bonds. The van der Waals surface area contributed by atoms with Crippen LogP contribution in [0.4, 0.5) is 11.4 Å². The van der Waals surface area contributed by atoms with Gasteiger partial charge in [0.2, 0.25) is 5.91 Å². The fraction of sp³-hybridized carbons (Fsp3) is 0.417. The van der Waals surface area contributed by atoms with Crippen molar-refractivity contribution < 1.29 is 14.8 Å². The number of rotatable bonds is 6. The number of hydrogen-bond acceptors (Lipinski definition) is 5. The van der Waals surface area contributed by atoms with Crippen LogP contribution < -0.4 is 10.6 Å². The van der Waals surface area contributed by atoms with Gasteiger partial charge in [0, 0.05) is 6.07 Å². The number of phenols is 1. The number of carbonyl (C=O) groups excluding carboxylic acids is 1. The molecule has 0 bridgehead atoms. The Bertz CT molecular complexity index is 500.